The van der Waals surface area contributed by atoms with E-state index in [-0.39, 0.29) is 28.8 Å². The molecule has 55 heavy (non-hydrogen) atoms. The van der Waals surface area contributed by atoms with E-state index >= 15 is 0 Å². The highest BCUT2D eigenvalue weighted by molar-refractivity contribution is 7.26. The van der Waals surface area contributed by atoms with E-state index in [1.165, 1.54) is 11.3 Å². The molecule has 0 N–H and O–H groups in total. The maximum atomic E-state index is 9.16. The van der Waals surface area contributed by atoms with E-state index in [2.05, 4.69) is 48.5 Å². The standard InChI is InChI=1S/C51H33N3S/c1-4-11-34(12-5-1)37-19-25-40(26-20-37)44-17-10-18-46-48(44)45-32-31-43(33-47(45)55-46)51-53-49(41-27-21-38(22-28-41)35-13-6-2-7-14-35)52-50(54-51)42-29-23-39(24-30-42)36-15-8-3-9-16-36/h1-33H/i1D,4D,5D,11D,12D,19D,20D,25D,26D. The quantitative estimate of drug-likeness (QED) is 0.164. The van der Waals surface area contributed by atoms with Gasteiger partial charge < -0.3 is 0 Å². The first-order valence-electron chi connectivity index (χ1n) is 22.2. The van der Waals surface area contributed by atoms with Crippen LogP contribution < -0.4 is 0 Å². The molecule has 0 aliphatic heterocycles. The van der Waals surface area contributed by atoms with Crippen LogP contribution in [-0.2, 0) is 0 Å². The smallest absolute Gasteiger partial charge is 0.164 e. The molecule has 0 saturated carbocycles. The van der Waals surface area contributed by atoms with Gasteiger partial charge in [-0.1, -0.05) is 188 Å². The molecule has 0 atom stereocenters. The van der Waals surface area contributed by atoms with Gasteiger partial charge in [0.25, 0.3) is 0 Å². The van der Waals surface area contributed by atoms with Crippen molar-refractivity contribution in [1.82, 2.24) is 15.0 Å². The van der Waals surface area contributed by atoms with E-state index in [0.717, 1.165) is 59.1 Å². The highest BCUT2D eigenvalue weighted by atomic mass is 32.1. The highest BCUT2D eigenvalue weighted by Crippen LogP contribution is 2.42. The van der Waals surface area contributed by atoms with Gasteiger partial charge in [0.05, 0.1) is 12.3 Å². The SMILES string of the molecule is [2H]c1c([2H])c([2H])c(-c2c([2H])c([2H])c(-c3cccc4sc5cc(-c6nc(-c7ccc(-c8ccccc8)cc7)nc(-c7ccc(-c8ccccc8)cc7)n6)ccc5c34)c([2H])c2[2H])c([2H])c1[2H]. The van der Waals surface area contributed by atoms with Crippen molar-refractivity contribution in [2.24, 2.45) is 0 Å². The first-order valence-corrected chi connectivity index (χ1v) is 18.5. The zero-order chi connectivity index (χ0) is 44.4. The summed E-state index contributed by atoms with van der Waals surface area (Å²) in [5, 5.41) is 1.56. The molecule has 4 heteroatoms. The highest BCUT2D eigenvalue weighted by Gasteiger charge is 2.16. The number of fused-ring (bicyclic) bond motifs is 3. The van der Waals surface area contributed by atoms with Gasteiger partial charge in [-0.2, -0.15) is 0 Å². The van der Waals surface area contributed by atoms with Crippen molar-refractivity contribution < 1.29 is 12.3 Å². The molecule has 258 valence electrons. The Bertz CT molecular complexity index is 3310. The van der Waals surface area contributed by atoms with Crippen LogP contribution in [-0.4, -0.2) is 15.0 Å². The summed E-state index contributed by atoms with van der Waals surface area (Å²) in [7, 11) is 0. The van der Waals surface area contributed by atoms with Crippen molar-refractivity contribution in [2.45, 2.75) is 0 Å². The Balaban J connectivity index is 1.09. The largest absolute Gasteiger partial charge is 0.208 e. The summed E-state index contributed by atoms with van der Waals surface area (Å²) >= 11 is 1.51. The molecule has 0 amide bonds. The fraction of sp³-hybridized carbons (Fsp3) is 0. The average molecular weight is 729 g/mol. The van der Waals surface area contributed by atoms with Crippen molar-refractivity contribution in [3.63, 3.8) is 0 Å². The summed E-state index contributed by atoms with van der Waals surface area (Å²) in [5.74, 6) is 1.50. The van der Waals surface area contributed by atoms with Crippen molar-refractivity contribution in [1.29, 1.82) is 0 Å². The molecule has 2 aromatic heterocycles. The van der Waals surface area contributed by atoms with Crippen LogP contribution in [0.2, 0.25) is 0 Å². The third-order valence-corrected chi connectivity index (χ3v) is 10.7. The molecule has 3 nitrogen and oxygen atoms in total. The van der Waals surface area contributed by atoms with Crippen molar-refractivity contribution >= 4 is 31.5 Å². The molecule has 0 spiro atoms. The van der Waals surface area contributed by atoms with Crippen molar-refractivity contribution in [3.05, 3.63) is 200 Å². The average Bonchev–Trinajstić information content (AvgIpc) is 3.72. The molecule has 0 bridgehead atoms. The molecule has 0 fully saturated rings. The number of rotatable bonds is 7. The maximum absolute atomic E-state index is 9.16. The second-order valence-corrected chi connectivity index (χ2v) is 14.0. The third-order valence-electron chi connectivity index (χ3n) is 9.54. The fourth-order valence-corrected chi connectivity index (χ4v) is 7.94. The Kier molecular flexibility index (Phi) is 6.23. The molecule has 0 radical (unpaired) electrons. The van der Waals surface area contributed by atoms with Crippen LogP contribution in [0.15, 0.2) is 200 Å². The second kappa shape index (κ2) is 14.1. The Morgan fingerprint density at radius 1 is 0.345 bits per heavy atom. The predicted octanol–water partition coefficient (Wildman–Crippen LogP) is 13.9. The minimum absolute atomic E-state index is 0.0452. The summed E-state index contributed by atoms with van der Waals surface area (Å²) in [6.45, 7) is 0. The normalized spacial score (nSPS) is 13.6. The zero-order valence-corrected chi connectivity index (χ0v) is 29.9. The van der Waals surface area contributed by atoms with Gasteiger partial charge in [-0.25, -0.2) is 15.0 Å². The predicted molar refractivity (Wildman–Crippen MR) is 231 cm³/mol. The summed E-state index contributed by atoms with van der Waals surface area (Å²) < 4.78 is 79.4. The van der Waals surface area contributed by atoms with Gasteiger partial charge in [0.1, 0.15) is 0 Å². The lowest BCUT2D eigenvalue weighted by Crippen LogP contribution is -2.00. The number of thiophene rings is 1. The van der Waals surface area contributed by atoms with Crippen LogP contribution >= 0.6 is 11.3 Å². The minimum Gasteiger partial charge on any atom is -0.208 e. The van der Waals surface area contributed by atoms with E-state index in [0.29, 0.717) is 23.0 Å². The second-order valence-electron chi connectivity index (χ2n) is 12.9. The number of aromatic nitrogens is 3. The Morgan fingerprint density at radius 2 is 0.818 bits per heavy atom. The lowest BCUT2D eigenvalue weighted by molar-refractivity contribution is 1.07. The molecule has 0 saturated heterocycles. The van der Waals surface area contributed by atoms with Gasteiger partial charge in [-0.3, -0.25) is 0 Å². The van der Waals surface area contributed by atoms with Crippen LogP contribution in [0.25, 0.3) is 98.8 Å². The van der Waals surface area contributed by atoms with Crippen molar-refractivity contribution in [3.8, 4) is 78.7 Å². The maximum Gasteiger partial charge on any atom is 0.164 e. The lowest BCUT2D eigenvalue weighted by Gasteiger charge is -2.10. The number of nitrogens with zero attached hydrogens (tertiary/aromatic N) is 3. The molecule has 10 aromatic rings. The zero-order valence-electron chi connectivity index (χ0n) is 38.1. The summed E-state index contributed by atoms with van der Waals surface area (Å²) in [6.07, 6.45) is 0. The van der Waals surface area contributed by atoms with Gasteiger partial charge in [-0.05, 0) is 56.6 Å². The molecular formula is C51H33N3S. The van der Waals surface area contributed by atoms with Gasteiger partial charge in [0, 0.05) is 36.9 Å². The number of benzene rings is 8. The fourth-order valence-electron chi connectivity index (χ4n) is 6.77. The number of hydrogen-bond acceptors (Lipinski definition) is 4. The Morgan fingerprint density at radius 3 is 1.40 bits per heavy atom. The Labute approximate surface area is 336 Å². The lowest BCUT2D eigenvalue weighted by atomic mass is 9.97. The first-order chi connectivity index (χ1) is 31.0. The van der Waals surface area contributed by atoms with E-state index in [9.17, 15) is 0 Å². The van der Waals surface area contributed by atoms with Gasteiger partial charge >= 0.3 is 0 Å². The summed E-state index contributed by atoms with van der Waals surface area (Å²) in [5.41, 5.74) is 6.56. The molecule has 10 rings (SSSR count). The van der Waals surface area contributed by atoms with Gasteiger partial charge in [-0.15, -0.1) is 11.3 Å². The topological polar surface area (TPSA) is 38.7 Å². The van der Waals surface area contributed by atoms with Crippen LogP contribution in [0, 0.1) is 0 Å². The minimum atomic E-state index is -0.620. The number of hydrogen-bond donors (Lipinski definition) is 0. The van der Waals surface area contributed by atoms with E-state index < -0.39 is 42.3 Å². The molecule has 0 aliphatic carbocycles. The molecule has 0 unspecified atom stereocenters. The molecular weight excluding hydrogens is 687 g/mol. The monoisotopic (exact) mass is 728 g/mol. The van der Waals surface area contributed by atoms with Crippen LogP contribution in [0.3, 0.4) is 0 Å². The Hall–Kier alpha value is -7.01. The van der Waals surface area contributed by atoms with E-state index in [4.69, 9.17) is 27.3 Å². The van der Waals surface area contributed by atoms with Crippen LogP contribution in [0.1, 0.15) is 12.3 Å². The van der Waals surface area contributed by atoms with Crippen LogP contribution in [0.4, 0.5) is 0 Å². The van der Waals surface area contributed by atoms with E-state index in [1.807, 2.05) is 84.9 Å². The first kappa shape index (κ1) is 24.3. The van der Waals surface area contributed by atoms with Gasteiger partial charge in [0.2, 0.25) is 0 Å². The summed E-state index contributed by atoms with van der Waals surface area (Å²) in [6, 6.07) is 43.2. The molecule has 0 aliphatic rings. The third kappa shape index (κ3) is 6.39. The van der Waals surface area contributed by atoms with E-state index in [1.54, 1.807) is 12.1 Å². The van der Waals surface area contributed by atoms with Gasteiger partial charge in [0.15, 0.2) is 17.5 Å². The van der Waals surface area contributed by atoms with Crippen molar-refractivity contribution in [2.75, 3.05) is 0 Å². The summed E-state index contributed by atoms with van der Waals surface area (Å²) in [4.78, 5) is 15.0. The van der Waals surface area contributed by atoms with Crippen LogP contribution in [0.5, 0.6) is 0 Å². The molecule has 8 aromatic carbocycles. The molecule has 2 heterocycles.